The van der Waals surface area contributed by atoms with Crippen molar-refractivity contribution in [3.63, 3.8) is 0 Å². The fourth-order valence-electron chi connectivity index (χ4n) is 1.92. The van der Waals surface area contributed by atoms with E-state index in [1.165, 1.54) is 6.07 Å². The first kappa shape index (κ1) is 13.1. The molecule has 0 aliphatic rings. The number of hydrogen-bond acceptors (Lipinski definition) is 2. The van der Waals surface area contributed by atoms with Crippen LogP contribution in [0.25, 0.3) is 0 Å². The van der Waals surface area contributed by atoms with Gasteiger partial charge in [-0.2, -0.15) is 0 Å². The largest absolute Gasteiger partial charge is 0.320 e. The Balaban J connectivity index is 2.89. The van der Waals surface area contributed by atoms with Gasteiger partial charge in [0.15, 0.2) is 0 Å². The van der Waals surface area contributed by atoms with Crippen LogP contribution in [0.2, 0.25) is 0 Å². The van der Waals surface area contributed by atoms with Crippen LogP contribution in [0.15, 0.2) is 24.3 Å². The van der Waals surface area contributed by atoms with E-state index in [2.05, 4.69) is 18.7 Å². The van der Waals surface area contributed by atoms with Gasteiger partial charge >= 0.3 is 0 Å². The maximum absolute atomic E-state index is 13.6. The van der Waals surface area contributed by atoms with E-state index >= 15 is 0 Å². The van der Waals surface area contributed by atoms with Gasteiger partial charge in [0.2, 0.25) is 0 Å². The Bertz CT molecular complexity index is 332. The molecule has 0 spiro atoms. The summed E-state index contributed by atoms with van der Waals surface area (Å²) >= 11 is 0. The predicted molar refractivity (Wildman–Crippen MR) is 65.7 cm³/mol. The minimum atomic E-state index is -0.642. The Labute approximate surface area is 97.3 Å². The zero-order chi connectivity index (χ0) is 12.2. The molecule has 1 unspecified atom stereocenters. The van der Waals surface area contributed by atoms with E-state index in [-0.39, 0.29) is 5.82 Å². The monoisotopic (exact) mass is 224 g/mol. The lowest BCUT2D eigenvalue weighted by Crippen LogP contribution is -2.45. The molecule has 2 nitrogen and oxygen atoms in total. The van der Waals surface area contributed by atoms with Gasteiger partial charge in [-0.3, -0.25) is 0 Å². The molecule has 0 amide bonds. The molecule has 90 valence electrons. The van der Waals surface area contributed by atoms with E-state index in [4.69, 9.17) is 5.73 Å². The summed E-state index contributed by atoms with van der Waals surface area (Å²) in [6, 6.07) is 6.74. The third-order valence-corrected chi connectivity index (χ3v) is 2.94. The van der Waals surface area contributed by atoms with Crippen LogP contribution in [-0.2, 0) is 5.54 Å². The molecule has 0 radical (unpaired) electrons. The van der Waals surface area contributed by atoms with Gasteiger partial charge < -0.3 is 10.6 Å². The van der Waals surface area contributed by atoms with Gasteiger partial charge in [-0.1, -0.05) is 32.0 Å². The second-order valence-electron chi connectivity index (χ2n) is 4.36. The van der Waals surface area contributed by atoms with Crippen LogP contribution in [0.3, 0.4) is 0 Å². The Kier molecular flexibility index (Phi) is 4.44. The summed E-state index contributed by atoms with van der Waals surface area (Å²) in [6.07, 6.45) is 0. The van der Waals surface area contributed by atoms with Gasteiger partial charge in [0.05, 0.1) is 5.54 Å². The van der Waals surface area contributed by atoms with Crippen molar-refractivity contribution in [2.45, 2.75) is 26.3 Å². The Hall–Kier alpha value is -0.930. The molecule has 1 atom stereocenters. The first-order chi connectivity index (χ1) is 7.51. The minimum absolute atomic E-state index is 0.223. The Morgan fingerprint density at radius 2 is 1.81 bits per heavy atom. The highest BCUT2D eigenvalue weighted by molar-refractivity contribution is 5.25. The van der Waals surface area contributed by atoms with Gasteiger partial charge in [-0.05, 0) is 26.1 Å². The van der Waals surface area contributed by atoms with Gasteiger partial charge in [-0.25, -0.2) is 4.39 Å². The van der Waals surface area contributed by atoms with Crippen molar-refractivity contribution in [1.29, 1.82) is 0 Å². The molecule has 1 rings (SSSR count). The second kappa shape index (κ2) is 5.41. The second-order valence-corrected chi connectivity index (χ2v) is 4.36. The average molecular weight is 224 g/mol. The average Bonchev–Trinajstić information content (AvgIpc) is 2.26. The van der Waals surface area contributed by atoms with Crippen molar-refractivity contribution >= 4 is 0 Å². The first-order valence-corrected chi connectivity index (χ1v) is 5.77. The van der Waals surface area contributed by atoms with E-state index in [0.29, 0.717) is 12.1 Å². The lowest BCUT2D eigenvalue weighted by molar-refractivity contribution is 0.234. The van der Waals surface area contributed by atoms with E-state index in [1.54, 1.807) is 12.1 Å². The topological polar surface area (TPSA) is 29.3 Å². The Morgan fingerprint density at radius 3 is 2.31 bits per heavy atom. The zero-order valence-corrected chi connectivity index (χ0v) is 10.3. The first-order valence-electron chi connectivity index (χ1n) is 5.77. The van der Waals surface area contributed by atoms with Gasteiger partial charge in [0.25, 0.3) is 0 Å². The number of hydrogen-bond donors (Lipinski definition) is 1. The van der Waals surface area contributed by atoms with Crippen LogP contribution in [0.4, 0.5) is 4.39 Å². The van der Waals surface area contributed by atoms with Crippen molar-refractivity contribution in [2.24, 2.45) is 5.73 Å². The van der Waals surface area contributed by atoms with Crippen LogP contribution in [0, 0.1) is 5.82 Å². The fourth-order valence-corrected chi connectivity index (χ4v) is 1.92. The number of halogens is 1. The molecular formula is C13H21FN2. The van der Waals surface area contributed by atoms with Crippen LogP contribution < -0.4 is 5.73 Å². The number of benzene rings is 1. The summed E-state index contributed by atoms with van der Waals surface area (Å²) in [5.74, 6) is -0.223. The smallest absolute Gasteiger partial charge is 0.128 e. The molecule has 0 aromatic heterocycles. The molecule has 0 bridgehead atoms. The maximum Gasteiger partial charge on any atom is 0.128 e. The highest BCUT2D eigenvalue weighted by Crippen LogP contribution is 2.21. The molecule has 1 aromatic rings. The minimum Gasteiger partial charge on any atom is -0.320 e. The van der Waals surface area contributed by atoms with E-state index in [1.807, 2.05) is 13.0 Å². The molecule has 0 heterocycles. The van der Waals surface area contributed by atoms with Crippen molar-refractivity contribution in [3.8, 4) is 0 Å². The third kappa shape index (κ3) is 3.03. The van der Waals surface area contributed by atoms with Crippen LogP contribution >= 0.6 is 0 Å². The third-order valence-electron chi connectivity index (χ3n) is 2.94. The Morgan fingerprint density at radius 1 is 1.25 bits per heavy atom. The number of nitrogens with two attached hydrogens (primary N) is 1. The normalized spacial score (nSPS) is 15.1. The standard InChI is InChI=1S/C13H21FN2/c1-4-16(5-2)10-13(3,15)11-8-6-7-9-12(11)14/h6-9H,4-5,10,15H2,1-3H3. The summed E-state index contributed by atoms with van der Waals surface area (Å²) < 4.78 is 13.6. The highest BCUT2D eigenvalue weighted by atomic mass is 19.1. The van der Waals surface area contributed by atoms with Gasteiger partial charge in [-0.15, -0.1) is 0 Å². The molecule has 0 fully saturated rings. The predicted octanol–water partition coefficient (Wildman–Crippen LogP) is 2.34. The molecule has 0 saturated heterocycles. The lowest BCUT2D eigenvalue weighted by atomic mass is 9.92. The highest BCUT2D eigenvalue weighted by Gasteiger charge is 2.26. The van der Waals surface area contributed by atoms with Crippen LogP contribution in [0.1, 0.15) is 26.3 Å². The summed E-state index contributed by atoms with van der Waals surface area (Å²) in [6.45, 7) is 8.57. The zero-order valence-electron chi connectivity index (χ0n) is 10.3. The van der Waals surface area contributed by atoms with E-state index < -0.39 is 5.54 Å². The van der Waals surface area contributed by atoms with Crippen LogP contribution in [0.5, 0.6) is 0 Å². The quantitative estimate of drug-likeness (QED) is 0.831. The van der Waals surface area contributed by atoms with E-state index in [9.17, 15) is 4.39 Å². The molecule has 0 aliphatic heterocycles. The number of likely N-dealkylation sites (N-methyl/N-ethyl adjacent to an activating group) is 1. The molecule has 2 N–H and O–H groups in total. The molecule has 0 saturated carbocycles. The lowest BCUT2D eigenvalue weighted by Gasteiger charge is -2.31. The summed E-state index contributed by atoms with van der Waals surface area (Å²) in [5, 5.41) is 0. The maximum atomic E-state index is 13.6. The van der Waals surface area contributed by atoms with Gasteiger partial charge in [0, 0.05) is 12.1 Å². The molecular weight excluding hydrogens is 203 g/mol. The SMILES string of the molecule is CCN(CC)CC(C)(N)c1ccccc1F. The van der Waals surface area contributed by atoms with Gasteiger partial charge in [0.1, 0.15) is 5.82 Å². The summed E-state index contributed by atoms with van der Waals surface area (Å²) in [4.78, 5) is 2.20. The number of nitrogens with zero attached hydrogens (tertiary/aromatic N) is 1. The van der Waals surface area contributed by atoms with Crippen LogP contribution in [-0.4, -0.2) is 24.5 Å². The fraction of sp³-hybridized carbons (Fsp3) is 0.538. The number of rotatable bonds is 5. The summed E-state index contributed by atoms with van der Waals surface area (Å²) in [7, 11) is 0. The van der Waals surface area contributed by atoms with Crippen molar-refractivity contribution < 1.29 is 4.39 Å². The molecule has 1 aromatic carbocycles. The van der Waals surface area contributed by atoms with Crippen molar-refractivity contribution in [1.82, 2.24) is 4.90 Å². The molecule has 3 heteroatoms. The summed E-state index contributed by atoms with van der Waals surface area (Å²) in [5.41, 5.74) is 6.15. The molecule has 16 heavy (non-hydrogen) atoms. The molecule has 0 aliphatic carbocycles. The van der Waals surface area contributed by atoms with Crippen molar-refractivity contribution in [3.05, 3.63) is 35.6 Å². The van der Waals surface area contributed by atoms with Crippen molar-refractivity contribution in [2.75, 3.05) is 19.6 Å². The van der Waals surface area contributed by atoms with E-state index in [0.717, 1.165) is 13.1 Å².